The number of benzene rings is 1. The van der Waals surface area contributed by atoms with E-state index in [0.29, 0.717) is 11.4 Å². The van der Waals surface area contributed by atoms with Gasteiger partial charge in [-0.05, 0) is 52.3 Å². The molecule has 2 rings (SSSR count). The Bertz CT molecular complexity index is 803. The van der Waals surface area contributed by atoms with Crippen LogP contribution >= 0.6 is 27.3 Å². The van der Waals surface area contributed by atoms with Gasteiger partial charge in [-0.25, -0.2) is 0 Å². The zero-order valence-corrected chi connectivity index (χ0v) is 14.5. The molecule has 0 saturated heterocycles. The summed E-state index contributed by atoms with van der Waals surface area (Å²) in [5.74, 6) is -0.650. The van der Waals surface area contributed by atoms with Gasteiger partial charge in [-0.3, -0.25) is 9.59 Å². The van der Waals surface area contributed by atoms with Gasteiger partial charge in [0, 0.05) is 33.0 Å². The van der Waals surface area contributed by atoms with Crippen molar-refractivity contribution < 1.29 is 9.59 Å². The van der Waals surface area contributed by atoms with Gasteiger partial charge < -0.3 is 10.6 Å². The Morgan fingerprint density at radius 3 is 2.30 bits per heavy atom. The predicted molar refractivity (Wildman–Crippen MR) is 95.0 cm³/mol. The highest BCUT2D eigenvalue weighted by Crippen LogP contribution is 2.22. The Morgan fingerprint density at radius 2 is 1.83 bits per heavy atom. The first-order valence-corrected chi connectivity index (χ1v) is 8.20. The zero-order chi connectivity index (χ0) is 16.8. The summed E-state index contributed by atoms with van der Waals surface area (Å²) >= 11 is 4.76. The number of amides is 2. The first kappa shape index (κ1) is 16.9. The van der Waals surface area contributed by atoms with Crippen molar-refractivity contribution >= 4 is 56.5 Å². The van der Waals surface area contributed by atoms with E-state index in [4.69, 9.17) is 5.26 Å². The molecule has 2 aromatic rings. The second kappa shape index (κ2) is 7.72. The van der Waals surface area contributed by atoms with E-state index in [-0.39, 0.29) is 11.5 Å². The number of carbonyl (C=O) groups is 2. The van der Waals surface area contributed by atoms with Crippen LogP contribution in [0, 0.1) is 11.3 Å². The number of nitrogens with zero attached hydrogens (tertiary/aromatic N) is 1. The number of thiophene rings is 1. The maximum atomic E-state index is 12.1. The molecule has 0 aliphatic heterocycles. The van der Waals surface area contributed by atoms with Crippen molar-refractivity contribution in [1.29, 1.82) is 5.26 Å². The van der Waals surface area contributed by atoms with E-state index in [1.165, 1.54) is 24.3 Å². The second-order valence-electron chi connectivity index (χ2n) is 4.55. The largest absolute Gasteiger partial charge is 0.326 e. The summed E-state index contributed by atoms with van der Waals surface area (Å²) in [7, 11) is 0. The van der Waals surface area contributed by atoms with Gasteiger partial charge in [-0.1, -0.05) is 0 Å². The fourth-order valence-electron chi connectivity index (χ4n) is 1.73. The first-order chi connectivity index (χ1) is 11.0. The van der Waals surface area contributed by atoms with Crippen LogP contribution in [-0.4, -0.2) is 11.8 Å². The van der Waals surface area contributed by atoms with E-state index in [1.54, 1.807) is 24.3 Å². The Balaban J connectivity index is 2.09. The Labute approximate surface area is 145 Å². The van der Waals surface area contributed by atoms with E-state index in [9.17, 15) is 9.59 Å². The van der Waals surface area contributed by atoms with Crippen LogP contribution in [0.4, 0.5) is 11.4 Å². The average Bonchev–Trinajstić information content (AvgIpc) is 2.91. The number of anilines is 2. The number of hydrogen-bond acceptors (Lipinski definition) is 4. The quantitative estimate of drug-likeness (QED) is 0.611. The topological polar surface area (TPSA) is 82.0 Å². The minimum atomic E-state index is -0.482. The number of carbonyl (C=O) groups excluding carboxylic acids is 2. The molecule has 0 saturated carbocycles. The van der Waals surface area contributed by atoms with E-state index in [0.717, 1.165) is 9.35 Å². The van der Waals surface area contributed by atoms with Crippen LogP contribution in [0.15, 0.2) is 45.8 Å². The van der Waals surface area contributed by atoms with E-state index < -0.39 is 5.91 Å². The SMILES string of the molecule is CC(=O)Nc1ccc(NC(=O)/C(C#N)=C/c2cc(Br)cs2)cc1. The molecule has 0 fully saturated rings. The first-order valence-electron chi connectivity index (χ1n) is 6.53. The Morgan fingerprint density at radius 1 is 1.22 bits per heavy atom. The lowest BCUT2D eigenvalue weighted by Gasteiger charge is -2.06. The minimum absolute atomic E-state index is 0.0188. The van der Waals surface area contributed by atoms with Gasteiger partial charge in [-0.2, -0.15) is 5.26 Å². The fraction of sp³-hybridized carbons (Fsp3) is 0.0625. The molecular weight excluding hydrogens is 378 g/mol. The summed E-state index contributed by atoms with van der Waals surface area (Å²) < 4.78 is 0.903. The van der Waals surface area contributed by atoms with Gasteiger partial charge in [0.15, 0.2) is 0 Å². The van der Waals surface area contributed by atoms with Gasteiger partial charge in [0.25, 0.3) is 5.91 Å². The third-order valence-corrected chi connectivity index (χ3v) is 4.34. The van der Waals surface area contributed by atoms with Crippen molar-refractivity contribution in [2.45, 2.75) is 6.92 Å². The number of nitriles is 1. The zero-order valence-electron chi connectivity index (χ0n) is 12.1. The summed E-state index contributed by atoms with van der Waals surface area (Å²) in [6.07, 6.45) is 1.54. The van der Waals surface area contributed by atoms with E-state index in [1.807, 2.05) is 17.5 Å². The van der Waals surface area contributed by atoms with Crippen LogP contribution in [0.2, 0.25) is 0 Å². The van der Waals surface area contributed by atoms with Crippen LogP contribution in [0.5, 0.6) is 0 Å². The van der Waals surface area contributed by atoms with Crippen LogP contribution in [0.3, 0.4) is 0 Å². The number of hydrogen-bond donors (Lipinski definition) is 2. The molecule has 5 nitrogen and oxygen atoms in total. The molecule has 23 heavy (non-hydrogen) atoms. The number of halogens is 1. The molecule has 1 heterocycles. The maximum absolute atomic E-state index is 12.1. The smallest absolute Gasteiger partial charge is 0.266 e. The lowest BCUT2D eigenvalue weighted by atomic mass is 10.2. The maximum Gasteiger partial charge on any atom is 0.266 e. The van der Waals surface area contributed by atoms with E-state index >= 15 is 0 Å². The molecule has 0 bridgehead atoms. The van der Waals surface area contributed by atoms with Crippen molar-refractivity contribution in [2.24, 2.45) is 0 Å². The van der Waals surface area contributed by atoms with Crippen LogP contribution in [0.1, 0.15) is 11.8 Å². The molecule has 1 aromatic heterocycles. The van der Waals surface area contributed by atoms with Gasteiger partial charge in [0.2, 0.25) is 5.91 Å². The second-order valence-corrected chi connectivity index (χ2v) is 6.41. The van der Waals surface area contributed by atoms with Gasteiger partial charge in [-0.15, -0.1) is 11.3 Å². The summed E-state index contributed by atoms with van der Waals surface area (Å²) in [4.78, 5) is 23.9. The highest BCUT2D eigenvalue weighted by Gasteiger charge is 2.10. The highest BCUT2D eigenvalue weighted by molar-refractivity contribution is 9.10. The molecule has 2 amide bonds. The predicted octanol–water partition coefficient (Wildman–Crippen LogP) is 4.01. The average molecular weight is 390 g/mol. The summed E-state index contributed by atoms with van der Waals surface area (Å²) in [6.45, 7) is 1.42. The summed E-state index contributed by atoms with van der Waals surface area (Å²) in [5, 5.41) is 16.3. The molecular formula is C16H12BrN3O2S. The molecule has 0 unspecified atom stereocenters. The van der Waals surface area contributed by atoms with Crippen LogP contribution in [-0.2, 0) is 9.59 Å². The molecule has 116 valence electrons. The lowest BCUT2D eigenvalue weighted by molar-refractivity contribution is -0.114. The molecule has 0 radical (unpaired) electrons. The highest BCUT2D eigenvalue weighted by atomic mass is 79.9. The molecule has 2 N–H and O–H groups in total. The Hall–Kier alpha value is -2.43. The number of nitrogens with one attached hydrogen (secondary N) is 2. The van der Waals surface area contributed by atoms with Crippen molar-refractivity contribution in [3.63, 3.8) is 0 Å². The number of rotatable bonds is 4. The summed E-state index contributed by atoms with van der Waals surface area (Å²) in [6, 6.07) is 10.4. The third kappa shape index (κ3) is 5.06. The Kier molecular flexibility index (Phi) is 5.68. The third-order valence-electron chi connectivity index (χ3n) is 2.70. The van der Waals surface area contributed by atoms with Gasteiger partial charge in [0.1, 0.15) is 11.6 Å². The van der Waals surface area contributed by atoms with E-state index in [2.05, 4.69) is 26.6 Å². The normalized spacial score (nSPS) is 10.7. The molecule has 0 aliphatic carbocycles. The van der Waals surface area contributed by atoms with Gasteiger partial charge in [0.05, 0.1) is 0 Å². The van der Waals surface area contributed by atoms with Gasteiger partial charge >= 0.3 is 0 Å². The molecule has 0 atom stereocenters. The fourth-order valence-corrected chi connectivity index (χ4v) is 3.11. The van der Waals surface area contributed by atoms with Crippen molar-refractivity contribution in [3.8, 4) is 6.07 Å². The van der Waals surface area contributed by atoms with Crippen LogP contribution in [0.25, 0.3) is 6.08 Å². The van der Waals surface area contributed by atoms with Crippen molar-refractivity contribution in [1.82, 2.24) is 0 Å². The lowest BCUT2D eigenvalue weighted by Crippen LogP contribution is -2.13. The monoisotopic (exact) mass is 389 g/mol. The van der Waals surface area contributed by atoms with Crippen LogP contribution < -0.4 is 10.6 Å². The molecule has 0 aliphatic rings. The minimum Gasteiger partial charge on any atom is -0.326 e. The molecule has 0 spiro atoms. The standard InChI is InChI=1S/C16H12BrN3O2S/c1-10(21)19-13-2-4-14(5-3-13)20-16(22)11(8-18)6-15-7-12(17)9-23-15/h2-7,9H,1H3,(H,19,21)(H,20,22)/b11-6+. The van der Waals surface area contributed by atoms with Crippen molar-refractivity contribution in [3.05, 3.63) is 50.6 Å². The molecule has 1 aromatic carbocycles. The molecule has 7 heteroatoms. The summed E-state index contributed by atoms with van der Waals surface area (Å²) in [5.41, 5.74) is 1.19. The van der Waals surface area contributed by atoms with Crippen molar-refractivity contribution in [2.75, 3.05) is 10.6 Å².